The number of nitrogens with one attached hydrogen (secondary N) is 1. The molecule has 2 saturated heterocycles. The van der Waals surface area contributed by atoms with Gasteiger partial charge in [-0.25, -0.2) is 0 Å². The van der Waals surface area contributed by atoms with Gasteiger partial charge in [0.25, 0.3) is 0 Å². The highest BCUT2D eigenvalue weighted by molar-refractivity contribution is 6.35. The van der Waals surface area contributed by atoms with Crippen LogP contribution in [-0.4, -0.2) is 12.0 Å². The fraction of sp³-hybridized carbons (Fsp3) is 0.583. The second-order valence-corrected chi connectivity index (χ2v) is 9.40. The van der Waals surface area contributed by atoms with Crippen LogP contribution in [0.25, 0.3) is 0 Å². The van der Waals surface area contributed by atoms with Crippen LogP contribution in [0.1, 0.15) is 64.4 Å². The smallest absolute Gasteiger partial charge is 0.245 e. The Kier molecular flexibility index (Phi) is 7.06. The van der Waals surface area contributed by atoms with E-state index in [4.69, 9.17) is 38.1 Å². The third-order valence-corrected chi connectivity index (χ3v) is 7.46. The molecule has 32 heavy (non-hydrogen) atoms. The van der Waals surface area contributed by atoms with Crippen molar-refractivity contribution in [2.24, 2.45) is 16.7 Å². The molecular formula is C24H26Cl2N4O2. The number of unbranched alkanes of at least 4 members (excludes halogenated alkanes) is 5. The van der Waals surface area contributed by atoms with Crippen molar-refractivity contribution in [3.05, 3.63) is 33.8 Å². The number of nitrogens with zero attached hydrogens (tertiary/aromatic N) is 3. The van der Waals surface area contributed by atoms with E-state index in [-0.39, 0.29) is 5.02 Å². The molecule has 8 heteroatoms. The predicted octanol–water partition coefficient (Wildman–Crippen LogP) is 6.48. The Morgan fingerprint density at radius 3 is 2.28 bits per heavy atom. The zero-order valence-corrected chi connectivity index (χ0v) is 19.8. The molecule has 0 saturated carbocycles. The average Bonchev–Trinajstić information content (AvgIpc) is 2.93. The Morgan fingerprint density at radius 2 is 1.69 bits per heavy atom. The molecule has 1 N–H and O–H groups in total. The van der Waals surface area contributed by atoms with Crippen LogP contribution in [0, 0.1) is 56.2 Å². The highest BCUT2D eigenvalue weighted by Crippen LogP contribution is 2.66. The summed E-state index contributed by atoms with van der Waals surface area (Å²) in [6, 6.07) is 11.1. The molecule has 2 fully saturated rings. The van der Waals surface area contributed by atoms with Crippen molar-refractivity contribution in [1.82, 2.24) is 0 Å². The molecule has 0 aliphatic carbocycles. The van der Waals surface area contributed by atoms with Gasteiger partial charge in [0.05, 0.1) is 35.3 Å². The molecule has 4 atom stereocenters. The first-order valence-electron chi connectivity index (χ1n) is 10.9. The van der Waals surface area contributed by atoms with Gasteiger partial charge < -0.3 is 9.47 Å². The Hall–Kier alpha value is -2.30. The van der Waals surface area contributed by atoms with Gasteiger partial charge in [-0.05, 0) is 24.6 Å². The quantitative estimate of drug-likeness (QED) is 0.434. The van der Waals surface area contributed by atoms with Crippen LogP contribution < -0.4 is 0 Å². The first-order valence-corrected chi connectivity index (χ1v) is 11.7. The number of rotatable bonds is 8. The number of ether oxygens (including phenoxy) is 2. The van der Waals surface area contributed by atoms with Gasteiger partial charge in [-0.2, -0.15) is 15.8 Å². The first-order chi connectivity index (χ1) is 15.3. The molecule has 168 valence electrons. The summed E-state index contributed by atoms with van der Waals surface area (Å²) in [6.45, 7) is 3.82. The third-order valence-electron chi connectivity index (χ3n) is 6.91. The number of benzene rings is 1. The fourth-order valence-corrected chi connectivity index (χ4v) is 5.63. The summed E-state index contributed by atoms with van der Waals surface area (Å²) >= 11 is 12.6. The monoisotopic (exact) mass is 472 g/mol. The molecule has 1 aromatic rings. The molecule has 2 heterocycles. The van der Waals surface area contributed by atoms with Crippen LogP contribution in [0.5, 0.6) is 0 Å². The first kappa shape index (κ1) is 24.3. The van der Waals surface area contributed by atoms with Crippen LogP contribution in [0.2, 0.25) is 10.0 Å². The standard InChI is InChI=1S/C24H26Cl2N4O2/c1-3-4-5-6-7-8-9-20-22(13-27,14-28)23(15-29)16(2)24(31-20,32-21(23)30)18-11-10-17(25)12-19(18)26/h10-12,16,20,30H,3-9H2,1-2H3. The second-order valence-electron chi connectivity index (χ2n) is 8.56. The Balaban J connectivity index is 2.06. The van der Waals surface area contributed by atoms with Crippen LogP contribution in [0.15, 0.2) is 18.2 Å². The SMILES string of the molecule is CCCCCCCCC1OC2(c3ccc(Cl)cc3Cl)OC(=N)C(C#N)(C2C)C1(C#N)C#N. The maximum absolute atomic E-state index is 10.3. The van der Waals surface area contributed by atoms with Crippen molar-refractivity contribution in [1.29, 1.82) is 21.2 Å². The van der Waals surface area contributed by atoms with Gasteiger partial charge in [-0.15, -0.1) is 0 Å². The van der Waals surface area contributed by atoms with Crippen molar-refractivity contribution >= 4 is 29.1 Å². The molecule has 0 spiro atoms. The summed E-state index contributed by atoms with van der Waals surface area (Å²) in [5.74, 6) is -2.82. The molecule has 0 radical (unpaired) electrons. The maximum atomic E-state index is 10.3. The molecule has 0 amide bonds. The van der Waals surface area contributed by atoms with E-state index < -0.39 is 34.5 Å². The van der Waals surface area contributed by atoms with E-state index in [1.807, 2.05) is 0 Å². The maximum Gasteiger partial charge on any atom is 0.245 e. The number of hydrogen-bond donors (Lipinski definition) is 1. The van der Waals surface area contributed by atoms with Crippen LogP contribution >= 0.6 is 23.2 Å². The molecule has 2 bridgehead atoms. The Bertz CT molecular complexity index is 1010. The van der Waals surface area contributed by atoms with Crippen LogP contribution in [0.4, 0.5) is 0 Å². The molecular weight excluding hydrogens is 447 g/mol. The van der Waals surface area contributed by atoms with E-state index in [1.54, 1.807) is 25.1 Å². The summed E-state index contributed by atoms with van der Waals surface area (Å²) in [5.41, 5.74) is -3.24. The largest absolute Gasteiger partial charge is 0.443 e. The van der Waals surface area contributed by atoms with E-state index in [0.717, 1.165) is 32.1 Å². The summed E-state index contributed by atoms with van der Waals surface area (Å²) in [7, 11) is 0. The van der Waals surface area contributed by atoms with Crippen molar-refractivity contribution in [3.8, 4) is 18.2 Å². The van der Waals surface area contributed by atoms with Crippen molar-refractivity contribution in [3.63, 3.8) is 0 Å². The van der Waals surface area contributed by atoms with Crippen LogP contribution in [-0.2, 0) is 15.3 Å². The summed E-state index contributed by atoms with van der Waals surface area (Å²) in [4.78, 5) is 0. The van der Waals surface area contributed by atoms with E-state index in [1.165, 1.54) is 6.42 Å². The molecule has 4 unspecified atom stereocenters. The number of fused-ring (bicyclic) bond motifs is 2. The lowest BCUT2D eigenvalue weighted by molar-refractivity contribution is -0.286. The summed E-state index contributed by atoms with van der Waals surface area (Å²) < 4.78 is 12.4. The van der Waals surface area contributed by atoms with Gasteiger partial charge in [-0.3, -0.25) is 5.41 Å². The Labute approximate surface area is 199 Å². The highest BCUT2D eigenvalue weighted by atomic mass is 35.5. The number of halogens is 2. The van der Waals surface area contributed by atoms with E-state index >= 15 is 0 Å². The average molecular weight is 473 g/mol. The van der Waals surface area contributed by atoms with Crippen LogP contribution in [0.3, 0.4) is 0 Å². The Morgan fingerprint density at radius 1 is 1.03 bits per heavy atom. The van der Waals surface area contributed by atoms with Gasteiger partial charge >= 0.3 is 0 Å². The van der Waals surface area contributed by atoms with Gasteiger partial charge in [-0.1, -0.05) is 75.6 Å². The second kappa shape index (κ2) is 9.29. The van der Waals surface area contributed by atoms with Gasteiger partial charge in [0.1, 0.15) is 0 Å². The van der Waals surface area contributed by atoms with Gasteiger partial charge in [0.15, 0.2) is 10.8 Å². The minimum absolute atomic E-state index is 0.269. The topological polar surface area (TPSA) is 114 Å². The molecule has 2 aliphatic heterocycles. The van der Waals surface area contributed by atoms with Gasteiger partial charge in [0, 0.05) is 10.6 Å². The van der Waals surface area contributed by atoms with E-state index in [0.29, 0.717) is 17.0 Å². The lowest BCUT2D eigenvalue weighted by Gasteiger charge is -2.49. The molecule has 6 nitrogen and oxygen atoms in total. The van der Waals surface area contributed by atoms with Crippen molar-refractivity contribution in [2.75, 3.05) is 0 Å². The minimum Gasteiger partial charge on any atom is -0.443 e. The van der Waals surface area contributed by atoms with Gasteiger partial charge in [0.2, 0.25) is 11.7 Å². The molecule has 2 aliphatic rings. The van der Waals surface area contributed by atoms with E-state index in [2.05, 4.69) is 25.1 Å². The highest BCUT2D eigenvalue weighted by Gasteiger charge is 2.79. The van der Waals surface area contributed by atoms with E-state index in [9.17, 15) is 15.8 Å². The number of nitriles is 3. The third kappa shape index (κ3) is 3.36. The molecule has 0 aromatic heterocycles. The number of hydrogen-bond acceptors (Lipinski definition) is 6. The summed E-state index contributed by atoms with van der Waals surface area (Å²) in [5, 5.41) is 39.9. The normalized spacial score (nSPS) is 30.1. The molecule has 3 rings (SSSR count). The lowest BCUT2D eigenvalue weighted by Crippen LogP contribution is -2.61. The minimum atomic E-state index is -1.87. The predicted molar refractivity (Wildman–Crippen MR) is 121 cm³/mol. The zero-order chi connectivity index (χ0) is 23.6. The summed E-state index contributed by atoms with van der Waals surface area (Å²) in [6.07, 6.45) is 5.61. The fourth-order valence-electron chi connectivity index (χ4n) is 5.09. The lowest BCUT2D eigenvalue weighted by atomic mass is 9.53. The van der Waals surface area contributed by atoms with Crippen molar-refractivity contribution < 1.29 is 9.47 Å². The van der Waals surface area contributed by atoms with Crippen molar-refractivity contribution in [2.45, 2.75) is 70.7 Å². The zero-order valence-electron chi connectivity index (χ0n) is 18.3. The molecule has 1 aromatic carbocycles.